The molecule has 32 heavy (non-hydrogen) atoms. The lowest BCUT2D eigenvalue weighted by Crippen LogP contribution is -2.32. The van der Waals surface area contributed by atoms with Gasteiger partial charge in [0.05, 0.1) is 17.2 Å². The van der Waals surface area contributed by atoms with E-state index >= 15 is 0 Å². The van der Waals surface area contributed by atoms with Gasteiger partial charge in [-0.1, -0.05) is 54.1 Å². The molecule has 0 saturated carbocycles. The zero-order valence-electron chi connectivity index (χ0n) is 18.4. The Balaban J connectivity index is 1.74. The minimum Gasteiger partial charge on any atom is -0.317 e. The highest BCUT2D eigenvalue weighted by Gasteiger charge is 2.42. The molecule has 0 spiro atoms. The van der Waals surface area contributed by atoms with Crippen molar-refractivity contribution in [2.45, 2.75) is 20.8 Å². The first-order chi connectivity index (χ1) is 15.5. The largest absolute Gasteiger partial charge is 0.317 e. The summed E-state index contributed by atoms with van der Waals surface area (Å²) in [5.74, 6) is 0. The van der Waals surface area contributed by atoms with Crippen molar-refractivity contribution in [1.82, 2.24) is 4.57 Å². The smallest absolute Gasteiger partial charge is 0.312 e. The molecule has 160 valence electrons. The third kappa shape index (κ3) is 3.26. The van der Waals surface area contributed by atoms with Gasteiger partial charge < -0.3 is 9.65 Å². The number of aromatic nitrogens is 1. The van der Waals surface area contributed by atoms with Crippen LogP contribution in [0.15, 0.2) is 90.0 Å². The predicted octanol–water partition coefficient (Wildman–Crippen LogP) is 6.19. The molecule has 3 aromatic carbocycles. The van der Waals surface area contributed by atoms with E-state index in [0.717, 1.165) is 39.3 Å². The van der Waals surface area contributed by atoms with Crippen molar-refractivity contribution in [1.29, 1.82) is 0 Å². The lowest BCUT2D eigenvalue weighted by atomic mass is 10.2. The molecular weight excluding hydrogens is 415 g/mol. The number of hydrogen-bond donors (Lipinski definition) is 1. The monoisotopic (exact) mass is 440 g/mol. The van der Waals surface area contributed by atoms with Crippen LogP contribution in [-0.2, 0) is 4.57 Å². The number of hydrogen-bond acceptors (Lipinski definition) is 2. The first-order valence-corrected chi connectivity index (χ1v) is 12.3. The molecule has 1 aromatic heterocycles. The van der Waals surface area contributed by atoms with Gasteiger partial charge in [-0.05, 0) is 57.2 Å². The molecule has 5 rings (SSSR count). The van der Waals surface area contributed by atoms with Gasteiger partial charge in [0.1, 0.15) is 0 Å². The van der Waals surface area contributed by atoms with Gasteiger partial charge in [-0.15, -0.1) is 0 Å². The Morgan fingerprint density at radius 2 is 1.38 bits per heavy atom. The van der Waals surface area contributed by atoms with Crippen LogP contribution in [0.3, 0.4) is 0 Å². The molecule has 1 aliphatic rings. The number of nitrogens with zero attached hydrogens (tertiary/aromatic N) is 3. The molecule has 0 saturated heterocycles. The Labute approximate surface area is 188 Å². The van der Waals surface area contributed by atoms with E-state index in [1.807, 2.05) is 73.8 Å². The van der Waals surface area contributed by atoms with Gasteiger partial charge in [0.15, 0.2) is 0 Å². The average molecular weight is 440 g/mol. The van der Waals surface area contributed by atoms with Gasteiger partial charge in [-0.3, -0.25) is 4.57 Å². The number of anilines is 2. The standard InChI is InChI=1S/C26H25N4OP/c1-19-14-16-23(17-15-19)29-20(2)25-18-27-30(24-12-8-5-9-13-24)32(31,26(25)21(29)3)28-22-10-6-4-7-11-22/h4-18H,1-3H3,(H,28,31). The van der Waals surface area contributed by atoms with Crippen LogP contribution >= 0.6 is 7.44 Å². The van der Waals surface area contributed by atoms with Crippen LogP contribution in [0.2, 0.25) is 0 Å². The maximum absolute atomic E-state index is 14.9. The summed E-state index contributed by atoms with van der Waals surface area (Å²) in [4.78, 5) is 0. The summed E-state index contributed by atoms with van der Waals surface area (Å²) >= 11 is 0. The number of nitrogens with one attached hydrogen (secondary N) is 1. The molecule has 2 heterocycles. The molecule has 1 unspecified atom stereocenters. The van der Waals surface area contributed by atoms with E-state index in [2.05, 4.69) is 52.9 Å². The van der Waals surface area contributed by atoms with Crippen molar-refractivity contribution >= 4 is 30.3 Å². The van der Waals surface area contributed by atoms with Crippen molar-refractivity contribution in [2.24, 2.45) is 5.10 Å². The molecule has 1 atom stereocenters. The summed E-state index contributed by atoms with van der Waals surface area (Å²) in [6.07, 6.45) is 1.83. The molecule has 0 aliphatic carbocycles. The average Bonchev–Trinajstić information content (AvgIpc) is 3.07. The van der Waals surface area contributed by atoms with E-state index in [9.17, 15) is 4.57 Å². The topological polar surface area (TPSA) is 49.6 Å². The van der Waals surface area contributed by atoms with Gasteiger partial charge >= 0.3 is 7.44 Å². The lowest BCUT2D eigenvalue weighted by Gasteiger charge is -2.33. The van der Waals surface area contributed by atoms with Crippen LogP contribution in [0, 0.1) is 20.8 Å². The summed E-state index contributed by atoms with van der Waals surface area (Å²) in [6, 6.07) is 27.7. The lowest BCUT2D eigenvalue weighted by molar-refractivity contribution is 0.581. The fourth-order valence-corrected chi connectivity index (χ4v) is 6.96. The number of rotatable bonds is 4. The Morgan fingerprint density at radius 3 is 2.03 bits per heavy atom. The first-order valence-electron chi connectivity index (χ1n) is 10.6. The van der Waals surface area contributed by atoms with Crippen LogP contribution in [0.1, 0.15) is 22.5 Å². The normalized spacial score (nSPS) is 17.3. The van der Waals surface area contributed by atoms with Crippen molar-refractivity contribution in [3.05, 3.63) is 107 Å². The minimum absolute atomic E-state index is 0.779. The highest BCUT2D eigenvalue weighted by molar-refractivity contribution is 7.74. The maximum Gasteiger partial charge on any atom is 0.312 e. The summed E-state index contributed by atoms with van der Waals surface area (Å²) in [5, 5.41) is 8.83. The molecule has 0 amide bonds. The Hall–Kier alpha value is -3.56. The van der Waals surface area contributed by atoms with E-state index in [4.69, 9.17) is 0 Å². The molecular formula is C26H25N4OP. The second-order valence-corrected chi connectivity index (χ2v) is 10.2. The van der Waals surface area contributed by atoms with Crippen LogP contribution in [0.5, 0.6) is 0 Å². The molecule has 4 aromatic rings. The minimum atomic E-state index is -3.37. The fraction of sp³-hybridized carbons (Fsp3) is 0.115. The quantitative estimate of drug-likeness (QED) is 0.385. The molecule has 0 bridgehead atoms. The van der Waals surface area contributed by atoms with E-state index in [0.29, 0.717) is 0 Å². The molecule has 0 radical (unpaired) electrons. The van der Waals surface area contributed by atoms with E-state index < -0.39 is 7.44 Å². The Kier molecular flexibility index (Phi) is 4.99. The van der Waals surface area contributed by atoms with Gasteiger partial charge in [0.2, 0.25) is 0 Å². The van der Waals surface area contributed by atoms with E-state index in [-0.39, 0.29) is 0 Å². The highest BCUT2D eigenvalue weighted by Crippen LogP contribution is 2.54. The molecule has 0 fully saturated rings. The van der Waals surface area contributed by atoms with Crippen LogP contribution in [0.25, 0.3) is 5.69 Å². The summed E-state index contributed by atoms with van der Waals surface area (Å²) in [6.45, 7) is 6.17. The molecule has 1 aliphatic heterocycles. The fourth-order valence-electron chi connectivity index (χ4n) is 4.32. The number of benzene rings is 3. The first kappa shape index (κ1) is 20.3. The SMILES string of the molecule is Cc1ccc(-n2c(C)c3c(c2C)P(=O)(Nc2ccccc2)N(c2ccccc2)N=C3)cc1. The molecule has 6 heteroatoms. The highest BCUT2D eigenvalue weighted by atomic mass is 31.2. The van der Waals surface area contributed by atoms with Gasteiger partial charge in [-0.2, -0.15) is 9.88 Å². The second kappa shape index (κ2) is 7.85. The van der Waals surface area contributed by atoms with Gasteiger partial charge in [0, 0.05) is 28.3 Å². The third-order valence-electron chi connectivity index (χ3n) is 5.86. The van der Waals surface area contributed by atoms with Crippen molar-refractivity contribution < 1.29 is 4.57 Å². The maximum atomic E-state index is 14.9. The van der Waals surface area contributed by atoms with Gasteiger partial charge in [0.25, 0.3) is 0 Å². The summed E-state index contributed by atoms with van der Waals surface area (Å²) < 4.78 is 18.7. The summed E-state index contributed by atoms with van der Waals surface area (Å²) in [5.41, 5.74) is 6.69. The van der Waals surface area contributed by atoms with Crippen LogP contribution in [-0.4, -0.2) is 10.8 Å². The number of aryl methyl sites for hydroxylation is 1. The molecule has 5 nitrogen and oxygen atoms in total. The van der Waals surface area contributed by atoms with Crippen molar-refractivity contribution in [3.8, 4) is 5.69 Å². The Bertz CT molecular complexity index is 1340. The van der Waals surface area contributed by atoms with E-state index in [1.54, 1.807) is 4.78 Å². The number of hydrazone groups is 1. The van der Waals surface area contributed by atoms with Crippen LogP contribution < -0.4 is 15.2 Å². The van der Waals surface area contributed by atoms with E-state index in [1.165, 1.54) is 5.56 Å². The zero-order chi connectivity index (χ0) is 22.3. The second-order valence-electron chi connectivity index (χ2n) is 8.03. The third-order valence-corrected chi connectivity index (χ3v) is 8.46. The predicted molar refractivity (Wildman–Crippen MR) is 134 cm³/mol. The number of fused-ring (bicyclic) bond motifs is 1. The Morgan fingerprint density at radius 1 is 0.750 bits per heavy atom. The molecule has 1 N–H and O–H groups in total. The van der Waals surface area contributed by atoms with Crippen LogP contribution in [0.4, 0.5) is 11.4 Å². The van der Waals surface area contributed by atoms with Crippen molar-refractivity contribution in [2.75, 3.05) is 9.87 Å². The summed E-state index contributed by atoms with van der Waals surface area (Å²) in [7, 11) is -3.37. The van der Waals surface area contributed by atoms with Gasteiger partial charge in [-0.25, -0.2) is 0 Å². The zero-order valence-corrected chi connectivity index (χ0v) is 19.3. The van der Waals surface area contributed by atoms with Crippen molar-refractivity contribution in [3.63, 3.8) is 0 Å². The number of para-hydroxylation sites is 2.